The van der Waals surface area contributed by atoms with Gasteiger partial charge in [-0.15, -0.1) is 0 Å². The first-order chi connectivity index (χ1) is 9.59. The summed E-state index contributed by atoms with van der Waals surface area (Å²) in [6, 6.07) is 2.00. The van der Waals surface area contributed by atoms with Gasteiger partial charge in [0.25, 0.3) is 0 Å². The highest BCUT2D eigenvalue weighted by molar-refractivity contribution is 9.10. The van der Waals surface area contributed by atoms with E-state index in [0.29, 0.717) is 6.61 Å². The van der Waals surface area contributed by atoms with Crippen LogP contribution in [0.15, 0.2) is 21.5 Å². The molecule has 0 aromatic heterocycles. The van der Waals surface area contributed by atoms with Crippen LogP contribution in [0.3, 0.4) is 0 Å². The molecule has 4 N–H and O–H groups in total. The van der Waals surface area contributed by atoms with Crippen molar-refractivity contribution in [1.29, 1.82) is 0 Å². The Kier molecular flexibility index (Phi) is 6.11. The monoisotopic (exact) mass is 384 g/mol. The lowest BCUT2D eigenvalue weighted by Gasteiger charge is -2.23. The Morgan fingerprint density at radius 3 is 2.71 bits per heavy atom. The van der Waals surface area contributed by atoms with Crippen molar-refractivity contribution in [3.8, 4) is 0 Å². The van der Waals surface area contributed by atoms with Gasteiger partial charge in [0.15, 0.2) is 0 Å². The highest BCUT2D eigenvalue weighted by Crippen LogP contribution is 2.26. The van der Waals surface area contributed by atoms with Crippen LogP contribution in [0.4, 0.5) is 10.1 Å². The van der Waals surface area contributed by atoms with E-state index in [1.54, 1.807) is 0 Å². The summed E-state index contributed by atoms with van der Waals surface area (Å²) in [5.74, 6) is -0.715. The Labute approximate surface area is 131 Å². The first kappa shape index (κ1) is 18.3. The van der Waals surface area contributed by atoms with E-state index in [1.165, 1.54) is 14.0 Å². The Hall–Kier alpha value is -0.740. The summed E-state index contributed by atoms with van der Waals surface area (Å²) in [4.78, 5) is -0.191. The summed E-state index contributed by atoms with van der Waals surface area (Å²) in [5.41, 5.74) is 3.84. The van der Waals surface area contributed by atoms with E-state index >= 15 is 0 Å². The number of rotatable bonds is 7. The van der Waals surface area contributed by atoms with Crippen molar-refractivity contribution in [3.05, 3.63) is 22.4 Å². The van der Waals surface area contributed by atoms with E-state index in [1.807, 2.05) is 0 Å². The van der Waals surface area contributed by atoms with Crippen LogP contribution < -0.4 is 10.5 Å². The zero-order valence-electron chi connectivity index (χ0n) is 11.7. The van der Waals surface area contributed by atoms with Crippen LogP contribution in [0.2, 0.25) is 0 Å². The number of hydrogen-bond acceptors (Lipinski definition) is 5. The number of hydrogen-bond donors (Lipinski definition) is 3. The fourth-order valence-corrected chi connectivity index (χ4v) is 3.70. The minimum absolute atomic E-state index is 0.0539. The third-order valence-electron chi connectivity index (χ3n) is 2.83. The van der Waals surface area contributed by atoms with E-state index in [0.717, 1.165) is 12.1 Å². The molecule has 0 aliphatic heterocycles. The van der Waals surface area contributed by atoms with Crippen molar-refractivity contribution in [2.45, 2.75) is 23.8 Å². The number of nitrogens with two attached hydrogens (primary N) is 1. The molecule has 0 radical (unpaired) electrons. The summed E-state index contributed by atoms with van der Waals surface area (Å²) in [6.07, 6.45) is 0.263. The molecule has 6 nitrogen and oxygen atoms in total. The minimum atomic E-state index is -3.93. The second kappa shape index (κ2) is 7.01. The summed E-state index contributed by atoms with van der Waals surface area (Å²) < 4.78 is 44.8. The van der Waals surface area contributed by atoms with Gasteiger partial charge in [-0.1, -0.05) is 0 Å². The van der Waals surface area contributed by atoms with Gasteiger partial charge in [-0.2, -0.15) is 0 Å². The lowest BCUT2D eigenvalue weighted by molar-refractivity contribution is 0.0292. The zero-order chi connectivity index (χ0) is 16.3. The van der Waals surface area contributed by atoms with Crippen molar-refractivity contribution in [2.75, 3.05) is 26.0 Å². The highest BCUT2D eigenvalue weighted by atomic mass is 79.9. The topological polar surface area (TPSA) is 102 Å². The summed E-state index contributed by atoms with van der Waals surface area (Å²) in [6.45, 7) is 1.58. The molecule has 0 fully saturated rings. The van der Waals surface area contributed by atoms with Crippen molar-refractivity contribution >= 4 is 31.6 Å². The molecule has 120 valence electrons. The predicted molar refractivity (Wildman–Crippen MR) is 80.8 cm³/mol. The van der Waals surface area contributed by atoms with E-state index in [9.17, 15) is 17.9 Å². The van der Waals surface area contributed by atoms with Gasteiger partial charge in [0, 0.05) is 31.2 Å². The number of halogens is 2. The minimum Gasteiger partial charge on any atom is -0.396 e. The molecule has 0 spiro atoms. The molecule has 0 bridgehead atoms. The largest absolute Gasteiger partial charge is 0.396 e. The quantitative estimate of drug-likeness (QED) is 0.613. The molecule has 0 saturated heterocycles. The molecule has 1 aromatic rings. The Balaban J connectivity index is 2.90. The van der Waals surface area contributed by atoms with E-state index in [2.05, 4.69) is 20.7 Å². The first-order valence-electron chi connectivity index (χ1n) is 6.04. The number of methoxy groups -OCH3 is 1. The summed E-state index contributed by atoms with van der Waals surface area (Å²) >= 11 is 2.98. The van der Waals surface area contributed by atoms with E-state index in [-0.39, 0.29) is 28.0 Å². The SMILES string of the molecule is COCCC(C)(O)CNS(=O)(=O)c1cc(N)c(F)cc1Br. The zero-order valence-corrected chi connectivity index (χ0v) is 14.1. The molecule has 0 aliphatic rings. The third-order valence-corrected chi connectivity index (χ3v) is 5.19. The molecular formula is C12H18BrFN2O4S. The van der Waals surface area contributed by atoms with Crippen molar-refractivity contribution in [3.63, 3.8) is 0 Å². The normalized spacial score (nSPS) is 14.9. The van der Waals surface area contributed by atoms with Gasteiger partial charge < -0.3 is 15.6 Å². The smallest absolute Gasteiger partial charge is 0.241 e. The molecular weight excluding hydrogens is 367 g/mol. The summed E-state index contributed by atoms with van der Waals surface area (Å²) in [7, 11) is -2.45. The third kappa shape index (κ3) is 5.19. The predicted octanol–water partition coefficient (Wildman–Crippen LogP) is 1.24. The fourth-order valence-electron chi connectivity index (χ4n) is 1.49. The van der Waals surface area contributed by atoms with Crippen molar-refractivity contribution in [1.82, 2.24) is 4.72 Å². The Morgan fingerprint density at radius 2 is 2.14 bits per heavy atom. The molecule has 0 aliphatic carbocycles. The van der Waals surface area contributed by atoms with Crippen LogP contribution in [-0.2, 0) is 14.8 Å². The van der Waals surface area contributed by atoms with Crippen LogP contribution in [-0.4, -0.2) is 39.4 Å². The molecule has 1 aromatic carbocycles. The number of sulfonamides is 1. The molecule has 1 unspecified atom stereocenters. The average Bonchev–Trinajstić information content (AvgIpc) is 2.38. The van der Waals surface area contributed by atoms with Gasteiger partial charge in [0.1, 0.15) is 5.82 Å². The van der Waals surface area contributed by atoms with Crippen LogP contribution in [0.1, 0.15) is 13.3 Å². The standard InChI is InChI=1S/C12H18BrFN2O4S/c1-12(17,3-4-20-2)7-16-21(18,19)11-6-10(15)9(14)5-8(11)13/h5-6,16-17H,3-4,7,15H2,1-2H3. The maximum Gasteiger partial charge on any atom is 0.241 e. The van der Waals surface area contributed by atoms with Gasteiger partial charge in [0.05, 0.1) is 16.2 Å². The van der Waals surface area contributed by atoms with Crippen LogP contribution in [0.25, 0.3) is 0 Å². The summed E-state index contributed by atoms with van der Waals surface area (Å²) in [5, 5.41) is 10.0. The maximum absolute atomic E-state index is 13.2. The second-order valence-electron chi connectivity index (χ2n) is 4.87. The molecule has 0 amide bonds. The second-order valence-corrected chi connectivity index (χ2v) is 7.46. The molecule has 0 saturated carbocycles. The van der Waals surface area contributed by atoms with Crippen molar-refractivity contribution in [2.24, 2.45) is 0 Å². The van der Waals surface area contributed by atoms with Crippen LogP contribution >= 0.6 is 15.9 Å². The fraction of sp³-hybridized carbons (Fsp3) is 0.500. The molecule has 0 heterocycles. The maximum atomic E-state index is 13.2. The Morgan fingerprint density at radius 1 is 1.52 bits per heavy atom. The van der Waals surface area contributed by atoms with Crippen LogP contribution in [0, 0.1) is 5.82 Å². The number of ether oxygens (including phenoxy) is 1. The van der Waals surface area contributed by atoms with Gasteiger partial charge in [-0.25, -0.2) is 17.5 Å². The average molecular weight is 385 g/mol. The van der Waals surface area contributed by atoms with E-state index < -0.39 is 21.4 Å². The first-order valence-corrected chi connectivity index (χ1v) is 8.32. The number of anilines is 1. The van der Waals surface area contributed by atoms with Gasteiger partial charge in [0.2, 0.25) is 10.0 Å². The van der Waals surface area contributed by atoms with Gasteiger partial charge >= 0.3 is 0 Å². The highest BCUT2D eigenvalue weighted by Gasteiger charge is 2.25. The van der Waals surface area contributed by atoms with Crippen molar-refractivity contribution < 1.29 is 22.7 Å². The number of nitrogen functional groups attached to an aromatic ring is 1. The number of benzene rings is 1. The lowest BCUT2D eigenvalue weighted by Crippen LogP contribution is -2.41. The lowest BCUT2D eigenvalue weighted by atomic mass is 10.0. The molecule has 9 heteroatoms. The molecule has 21 heavy (non-hydrogen) atoms. The van der Waals surface area contributed by atoms with Gasteiger partial charge in [-0.05, 0) is 35.0 Å². The molecule has 1 atom stereocenters. The molecule has 1 rings (SSSR count). The van der Waals surface area contributed by atoms with E-state index in [4.69, 9.17) is 10.5 Å². The van der Waals surface area contributed by atoms with Crippen LogP contribution in [0.5, 0.6) is 0 Å². The van der Waals surface area contributed by atoms with Gasteiger partial charge in [-0.3, -0.25) is 0 Å². The number of aliphatic hydroxyl groups is 1. The number of nitrogens with one attached hydrogen (secondary N) is 1. The Bertz CT molecular complexity index is 608.